The van der Waals surface area contributed by atoms with Crippen molar-refractivity contribution in [3.05, 3.63) is 64.9 Å². The van der Waals surface area contributed by atoms with Crippen LogP contribution >= 0.6 is 11.6 Å². The van der Waals surface area contributed by atoms with Crippen molar-refractivity contribution in [1.29, 1.82) is 0 Å². The molecule has 0 bridgehead atoms. The minimum Gasteiger partial charge on any atom is -0.490 e. The van der Waals surface area contributed by atoms with Gasteiger partial charge in [-0.3, -0.25) is 0 Å². The Balaban J connectivity index is 2.01. The molecule has 0 spiro atoms. The summed E-state index contributed by atoms with van der Waals surface area (Å²) in [6.07, 6.45) is 4.06. The van der Waals surface area contributed by atoms with Crippen molar-refractivity contribution in [2.24, 2.45) is 0 Å². The topological polar surface area (TPSA) is 68.9 Å². The lowest BCUT2D eigenvalue weighted by molar-refractivity contribution is -0.131. The number of hydrogen-bond acceptors (Lipinski definition) is 4. The summed E-state index contributed by atoms with van der Waals surface area (Å²) in [5.41, 5.74) is 2.04. The largest absolute Gasteiger partial charge is 0.490 e. The summed E-state index contributed by atoms with van der Waals surface area (Å²) in [5.74, 6) is -0.214. The number of aliphatic carboxylic acids is 1. The third-order valence-corrected chi connectivity index (χ3v) is 3.84. The Morgan fingerprint density at radius 2 is 2.00 bits per heavy atom. The highest BCUT2D eigenvalue weighted by atomic mass is 35.5. The highest BCUT2D eigenvalue weighted by molar-refractivity contribution is 6.30. The molecular weight excluding hydrogens is 344 g/mol. The summed E-state index contributed by atoms with van der Waals surface area (Å²) < 4.78 is 16.8. The molecule has 0 unspecified atom stereocenters. The van der Waals surface area contributed by atoms with Gasteiger partial charge in [0, 0.05) is 22.0 Å². The Kier molecular flexibility index (Phi) is 4.95. The van der Waals surface area contributed by atoms with Gasteiger partial charge >= 0.3 is 5.97 Å². The Hall–Kier alpha value is -2.92. The zero-order valence-corrected chi connectivity index (χ0v) is 14.1. The van der Waals surface area contributed by atoms with Crippen LogP contribution in [0.5, 0.6) is 11.5 Å². The van der Waals surface area contributed by atoms with Crippen molar-refractivity contribution in [3.8, 4) is 11.5 Å². The molecule has 1 aromatic heterocycles. The summed E-state index contributed by atoms with van der Waals surface area (Å²) in [5, 5.41) is 10.3. The molecule has 0 amide bonds. The van der Waals surface area contributed by atoms with E-state index in [2.05, 4.69) is 0 Å². The fourth-order valence-corrected chi connectivity index (χ4v) is 2.57. The lowest BCUT2D eigenvalue weighted by atomic mass is 10.1. The fourth-order valence-electron chi connectivity index (χ4n) is 2.44. The lowest BCUT2D eigenvalue weighted by Crippen LogP contribution is -2.00. The molecule has 0 saturated heterocycles. The normalized spacial score (nSPS) is 11.1. The van der Waals surface area contributed by atoms with Gasteiger partial charge in [-0.1, -0.05) is 23.7 Å². The van der Waals surface area contributed by atoms with Crippen LogP contribution in [0.2, 0.25) is 5.02 Å². The molecule has 0 aliphatic heterocycles. The highest BCUT2D eigenvalue weighted by Crippen LogP contribution is 2.40. The molecule has 0 atom stereocenters. The van der Waals surface area contributed by atoms with Crippen LogP contribution in [0.1, 0.15) is 11.1 Å². The summed E-state index contributed by atoms with van der Waals surface area (Å²) >= 11 is 5.89. The number of carbonyl (C=O) groups is 1. The first-order valence-corrected chi connectivity index (χ1v) is 7.82. The second-order valence-corrected chi connectivity index (χ2v) is 5.69. The van der Waals surface area contributed by atoms with Crippen molar-refractivity contribution in [3.63, 3.8) is 0 Å². The van der Waals surface area contributed by atoms with Crippen LogP contribution in [-0.4, -0.2) is 18.2 Å². The maximum Gasteiger partial charge on any atom is 0.328 e. The van der Waals surface area contributed by atoms with Gasteiger partial charge in [-0.25, -0.2) is 4.79 Å². The number of benzene rings is 2. The summed E-state index contributed by atoms with van der Waals surface area (Å²) in [6, 6.07) is 10.8. The molecule has 6 heteroatoms. The molecular formula is C19H15ClO5. The van der Waals surface area contributed by atoms with Crippen molar-refractivity contribution in [2.75, 3.05) is 7.11 Å². The van der Waals surface area contributed by atoms with Crippen LogP contribution in [0.15, 0.2) is 53.2 Å². The summed E-state index contributed by atoms with van der Waals surface area (Å²) in [7, 11) is 1.51. The van der Waals surface area contributed by atoms with Gasteiger partial charge in [-0.05, 0) is 35.9 Å². The predicted octanol–water partition coefficient (Wildman–Crippen LogP) is 4.77. The first-order valence-electron chi connectivity index (χ1n) is 7.45. The Morgan fingerprint density at radius 3 is 2.68 bits per heavy atom. The molecule has 2 aromatic carbocycles. The van der Waals surface area contributed by atoms with Gasteiger partial charge < -0.3 is 19.0 Å². The number of methoxy groups -OCH3 is 1. The van der Waals surface area contributed by atoms with Crippen LogP contribution in [0.3, 0.4) is 0 Å². The molecule has 1 N–H and O–H groups in total. The van der Waals surface area contributed by atoms with Gasteiger partial charge in [0.2, 0.25) is 5.75 Å². The number of hydrogen-bond donors (Lipinski definition) is 1. The second kappa shape index (κ2) is 7.32. The van der Waals surface area contributed by atoms with E-state index in [0.717, 1.165) is 17.0 Å². The molecule has 25 heavy (non-hydrogen) atoms. The molecule has 0 aliphatic carbocycles. The molecule has 0 saturated carbocycles. The van der Waals surface area contributed by atoms with Gasteiger partial charge in [-0.15, -0.1) is 0 Å². The molecule has 128 valence electrons. The third kappa shape index (κ3) is 3.78. The second-order valence-electron chi connectivity index (χ2n) is 5.25. The zero-order chi connectivity index (χ0) is 17.8. The van der Waals surface area contributed by atoms with Gasteiger partial charge in [0.15, 0.2) is 11.3 Å². The maximum absolute atomic E-state index is 10.9. The van der Waals surface area contributed by atoms with E-state index in [9.17, 15) is 4.79 Å². The number of rotatable bonds is 6. The Bertz CT molecular complexity index is 925. The molecule has 0 aliphatic rings. The van der Waals surface area contributed by atoms with E-state index in [-0.39, 0.29) is 6.61 Å². The summed E-state index contributed by atoms with van der Waals surface area (Å²) in [4.78, 5) is 10.9. The first kappa shape index (κ1) is 16.9. The van der Waals surface area contributed by atoms with Crippen molar-refractivity contribution >= 4 is 34.6 Å². The van der Waals surface area contributed by atoms with E-state index < -0.39 is 5.97 Å². The SMILES string of the molecule is COc1c(OCc2ccc(Cl)cc2)c(C=CC(=O)O)cc2ccoc12. The van der Waals surface area contributed by atoms with Crippen LogP contribution < -0.4 is 9.47 Å². The van der Waals surface area contributed by atoms with Crippen LogP contribution in [-0.2, 0) is 11.4 Å². The lowest BCUT2D eigenvalue weighted by Gasteiger charge is -2.14. The van der Waals surface area contributed by atoms with Crippen LogP contribution in [0, 0.1) is 0 Å². The zero-order valence-electron chi connectivity index (χ0n) is 13.4. The first-order chi connectivity index (χ1) is 12.1. The quantitative estimate of drug-likeness (QED) is 0.643. The molecule has 5 nitrogen and oxygen atoms in total. The van der Waals surface area contributed by atoms with Crippen LogP contribution in [0.4, 0.5) is 0 Å². The highest BCUT2D eigenvalue weighted by Gasteiger charge is 2.17. The molecule has 1 heterocycles. The minimum atomic E-state index is -1.05. The average Bonchev–Trinajstić information content (AvgIpc) is 3.06. The molecule has 3 rings (SSSR count). The van der Waals surface area contributed by atoms with E-state index in [4.69, 9.17) is 30.6 Å². The standard InChI is InChI=1S/C19H15ClO5/c1-23-19-17-14(8-9-24-17)10-13(4-7-16(21)22)18(19)25-11-12-2-5-15(20)6-3-12/h2-10H,11H2,1H3,(H,21,22). The number of furan rings is 1. The Morgan fingerprint density at radius 1 is 1.24 bits per heavy atom. The van der Waals surface area contributed by atoms with E-state index in [0.29, 0.717) is 27.7 Å². The van der Waals surface area contributed by atoms with E-state index in [1.165, 1.54) is 13.2 Å². The van der Waals surface area contributed by atoms with Gasteiger partial charge in [0.25, 0.3) is 0 Å². The summed E-state index contributed by atoms with van der Waals surface area (Å²) in [6.45, 7) is 0.271. The van der Waals surface area contributed by atoms with Crippen molar-refractivity contribution in [2.45, 2.75) is 6.61 Å². The molecule has 3 aromatic rings. The fraction of sp³-hybridized carbons (Fsp3) is 0.105. The van der Waals surface area contributed by atoms with Gasteiger partial charge in [-0.2, -0.15) is 0 Å². The number of carboxylic acid groups (broad SMARTS) is 1. The van der Waals surface area contributed by atoms with Gasteiger partial charge in [0.1, 0.15) is 6.61 Å². The number of ether oxygens (including phenoxy) is 2. The number of carboxylic acids is 1. The third-order valence-electron chi connectivity index (χ3n) is 3.59. The van der Waals surface area contributed by atoms with Crippen LogP contribution in [0.25, 0.3) is 17.0 Å². The average molecular weight is 359 g/mol. The predicted molar refractivity (Wildman–Crippen MR) is 95.2 cm³/mol. The molecule has 0 radical (unpaired) electrons. The number of fused-ring (bicyclic) bond motifs is 1. The molecule has 0 fully saturated rings. The van der Waals surface area contributed by atoms with E-state index >= 15 is 0 Å². The monoisotopic (exact) mass is 358 g/mol. The van der Waals surface area contributed by atoms with E-state index in [1.807, 2.05) is 12.1 Å². The Labute approximate surface area is 149 Å². The van der Waals surface area contributed by atoms with Crippen molar-refractivity contribution in [1.82, 2.24) is 0 Å². The maximum atomic E-state index is 10.9. The van der Waals surface area contributed by atoms with E-state index in [1.54, 1.807) is 30.5 Å². The number of halogens is 1. The van der Waals surface area contributed by atoms with Gasteiger partial charge in [0.05, 0.1) is 13.4 Å². The smallest absolute Gasteiger partial charge is 0.328 e. The van der Waals surface area contributed by atoms with Crippen molar-refractivity contribution < 1.29 is 23.8 Å². The minimum absolute atomic E-state index is 0.271.